The van der Waals surface area contributed by atoms with E-state index in [1.54, 1.807) is 6.07 Å². The molecule has 3 N–H and O–H groups in total. The highest BCUT2D eigenvalue weighted by atomic mass is 16.7. The zero-order valence-electron chi connectivity index (χ0n) is 9.93. The van der Waals surface area contributed by atoms with E-state index in [0.717, 1.165) is 31.9 Å². The molecule has 1 fully saturated rings. The molecule has 0 spiro atoms. The molecule has 2 heterocycles. The lowest BCUT2D eigenvalue weighted by atomic mass is 10.2. The number of hydrogen-bond acceptors (Lipinski definition) is 6. The minimum Gasteiger partial charge on any atom is -0.508 e. The number of benzene rings is 1. The third kappa shape index (κ3) is 2.04. The van der Waals surface area contributed by atoms with Gasteiger partial charge in [0.1, 0.15) is 5.75 Å². The summed E-state index contributed by atoms with van der Waals surface area (Å²) < 4.78 is 10.8. The highest BCUT2D eigenvalue weighted by Gasteiger charge is 2.26. The van der Waals surface area contributed by atoms with Crippen molar-refractivity contribution >= 4 is 5.69 Å². The molecule has 0 amide bonds. The molecule has 6 nitrogen and oxygen atoms in total. The van der Waals surface area contributed by atoms with Crippen LogP contribution >= 0.6 is 0 Å². The van der Waals surface area contributed by atoms with Gasteiger partial charge in [0.15, 0.2) is 18.1 Å². The van der Waals surface area contributed by atoms with E-state index in [1.807, 2.05) is 0 Å². The van der Waals surface area contributed by atoms with Crippen molar-refractivity contribution in [2.75, 3.05) is 37.7 Å². The van der Waals surface area contributed by atoms with Crippen LogP contribution in [0.15, 0.2) is 12.1 Å². The van der Waals surface area contributed by atoms with E-state index in [-0.39, 0.29) is 12.4 Å². The van der Waals surface area contributed by atoms with Crippen LogP contribution in [-0.4, -0.2) is 49.3 Å². The Labute approximate surface area is 105 Å². The van der Waals surface area contributed by atoms with E-state index >= 15 is 0 Å². The summed E-state index contributed by atoms with van der Waals surface area (Å²) in [6.45, 7) is 3.50. The van der Waals surface area contributed by atoms with Crippen LogP contribution in [-0.2, 0) is 0 Å². The quantitative estimate of drug-likeness (QED) is 0.647. The minimum atomic E-state index is -0.955. The number of ether oxygens (including phenoxy) is 2. The van der Waals surface area contributed by atoms with E-state index < -0.39 is 6.29 Å². The summed E-state index contributed by atoms with van der Waals surface area (Å²) in [6.07, 6.45) is -0.955. The molecule has 0 aliphatic carbocycles. The normalized spacial score (nSPS) is 22.9. The Kier molecular flexibility index (Phi) is 2.89. The lowest BCUT2D eigenvalue weighted by Gasteiger charge is -2.33. The van der Waals surface area contributed by atoms with Crippen LogP contribution in [0.3, 0.4) is 0 Å². The summed E-state index contributed by atoms with van der Waals surface area (Å²) in [4.78, 5) is 2.11. The maximum atomic E-state index is 9.73. The molecule has 1 saturated heterocycles. The Morgan fingerprint density at radius 2 is 2.06 bits per heavy atom. The first-order valence-corrected chi connectivity index (χ1v) is 6.04. The number of aliphatic hydroxyl groups is 1. The number of aliphatic hydroxyl groups excluding tert-OH is 1. The van der Waals surface area contributed by atoms with Gasteiger partial charge in [0, 0.05) is 38.3 Å². The van der Waals surface area contributed by atoms with E-state index in [0.29, 0.717) is 11.5 Å². The van der Waals surface area contributed by atoms with Crippen LogP contribution in [0.1, 0.15) is 0 Å². The minimum absolute atomic E-state index is 0.0808. The van der Waals surface area contributed by atoms with Crippen molar-refractivity contribution in [2.24, 2.45) is 0 Å². The smallest absolute Gasteiger partial charge is 0.232 e. The maximum absolute atomic E-state index is 9.73. The molecule has 0 aromatic heterocycles. The third-order valence-corrected chi connectivity index (χ3v) is 3.11. The Bertz CT molecular complexity index is 446. The monoisotopic (exact) mass is 252 g/mol. The molecule has 0 bridgehead atoms. The van der Waals surface area contributed by atoms with Crippen molar-refractivity contribution in [1.29, 1.82) is 0 Å². The molecule has 98 valence electrons. The average Bonchev–Trinajstić information content (AvgIpc) is 2.39. The highest BCUT2D eigenvalue weighted by Crippen LogP contribution is 2.43. The van der Waals surface area contributed by atoms with Crippen molar-refractivity contribution in [2.45, 2.75) is 6.29 Å². The molecular formula is C12H16N2O4. The lowest BCUT2D eigenvalue weighted by molar-refractivity contribution is -0.0667. The summed E-state index contributed by atoms with van der Waals surface area (Å²) in [7, 11) is 0. The number of aromatic hydroxyl groups is 1. The second-order valence-electron chi connectivity index (χ2n) is 4.41. The average molecular weight is 252 g/mol. The van der Waals surface area contributed by atoms with Gasteiger partial charge in [-0.3, -0.25) is 0 Å². The second-order valence-corrected chi connectivity index (χ2v) is 4.41. The molecule has 6 heteroatoms. The molecule has 2 aliphatic heterocycles. The van der Waals surface area contributed by atoms with Gasteiger partial charge in [0.2, 0.25) is 6.29 Å². The van der Waals surface area contributed by atoms with Crippen molar-refractivity contribution in [3.05, 3.63) is 12.1 Å². The standard InChI is InChI=1S/C12H16N2O4/c15-8-5-9(14-3-1-13-2-4-14)12-10(6-8)17-7-11(16)18-12/h5-6,11,13,15-16H,1-4,7H2. The van der Waals surface area contributed by atoms with Crippen LogP contribution in [0.2, 0.25) is 0 Å². The number of anilines is 1. The van der Waals surface area contributed by atoms with Gasteiger partial charge in [-0.15, -0.1) is 0 Å². The van der Waals surface area contributed by atoms with Gasteiger partial charge >= 0.3 is 0 Å². The Hall–Kier alpha value is -1.66. The summed E-state index contributed by atoms with van der Waals surface area (Å²) in [5.41, 5.74) is 0.769. The first kappa shape index (κ1) is 11.4. The van der Waals surface area contributed by atoms with E-state index in [9.17, 15) is 10.2 Å². The molecule has 1 unspecified atom stereocenters. The summed E-state index contributed by atoms with van der Waals surface area (Å²) in [5.74, 6) is 1.13. The number of hydrogen-bond donors (Lipinski definition) is 3. The Morgan fingerprint density at radius 1 is 1.28 bits per heavy atom. The summed E-state index contributed by atoms with van der Waals surface area (Å²) in [6, 6.07) is 3.15. The van der Waals surface area contributed by atoms with E-state index in [1.165, 1.54) is 6.07 Å². The van der Waals surface area contributed by atoms with Gasteiger partial charge in [-0.2, -0.15) is 0 Å². The molecular weight excluding hydrogens is 236 g/mol. The van der Waals surface area contributed by atoms with Gasteiger partial charge in [-0.1, -0.05) is 0 Å². The van der Waals surface area contributed by atoms with Gasteiger partial charge in [0.25, 0.3) is 0 Å². The van der Waals surface area contributed by atoms with Crippen LogP contribution in [0.25, 0.3) is 0 Å². The Balaban J connectivity index is 1.99. The molecule has 3 rings (SSSR count). The number of fused-ring (bicyclic) bond motifs is 1. The van der Waals surface area contributed by atoms with Crippen molar-refractivity contribution in [3.8, 4) is 17.2 Å². The molecule has 0 saturated carbocycles. The molecule has 0 radical (unpaired) electrons. The SMILES string of the molecule is Oc1cc2c(c(N3CCNCC3)c1)OC(O)CO2. The van der Waals surface area contributed by atoms with Gasteiger partial charge in [0.05, 0.1) is 5.69 Å². The largest absolute Gasteiger partial charge is 0.508 e. The van der Waals surface area contributed by atoms with Crippen LogP contribution in [0, 0.1) is 0 Å². The number of piperazine rings is 1. The Morgan fingerprint density at radius 3 is 2.83 bits per heavy atom. The number of rotatable bonds is 1. The van der Waals surface area contributed by atoms with Gasteiger partial charge in [-0.25, -0.2) is 0 Å². The third-order valence-electron chi connectivity index (χ3n) is 3.11. The van der Waals surface area contributed by atoms with Crippen LogP contribution in [0.4, 0.5) is 5.69 Å². The predicted octanol–water partition coefficient (Wildman–Crippen LogP) is -0.109. The van der Waals surface area contributed by atoms with E-state index in [2.05, 4.69) is 10.2 Å². The fourth-order valence-electron chi connectivity index (χ4n) is 2.27. The highest BCUT2D eigenvalue weighted by molar-refractivity contribution is 5.68. The number of nitrogens with one attached hydrogen (secondary N) is 1. The molecule has 1 atom stereocenters. The second kappa shape index (κ2) is 4.55. The van der Waals surface area contributed by atoms with Crippen molar-refractivity contribution in [3.63, 3.8) is 0 Å². The molecule has 18 heavy (non-hydrogen) atoms. The predicted molar refractivity (Wildman–Crippen MR) is 65.3 cm³/mol. The number of phenols is 1. The molecule has 2 aliphatic rings. The zero-order chi connectivity index (χ0) is 12.5. The van der Waals surface area contributed by atoms with E-state index in [4.69, 9.17) is 9.47 Å². The van der Waals surface area contributed by atoms with Gasteiger partial charge in [-0.05, 0) is 0 Å². The van der Waals surface area contributed by atoms with Crippen LogP contribution < -0.4 is 19.7 Å². The lowest BCUT2D eigenvalue weighted by Crippen LogP contribution is -2.44. The number of phenolic OH excluding ortho intramolecular Hbond substituents is 1. The van der Waals surface area contributed by atoms with Crippen molar-refractivity contribution < 1.29 is 19.7 Å². The number of nitrogens with zero attached hydrogens (tertiary/aromatic N) is 1. The summed E-state index contributed by atoms with van der Waals surface area (Å²) in [5, 5.41) is 22.5. The van der Waals surface area contributed by atoms with Crippen molar-refractivity contribution in [1.82, 2.24) is 5.32 Å². The first-order chi connectivity index (χ1) is 8.74. The topological polar surface area (TPSA) is 74.2 Å². The van der Waals surface area contributed by atoms with Crippen LogP contribution in [0.5, 0.6) is 17.2 Å². The molecule has 1 aromatic carbocycles. The fraction of sp³-hybridized carbons (Fsp3) is 0.500. The zero-order valence-corrected chi connectivity index (χ0v) is 9.93. The maximum Gasteiger partial charge on any atom is 0.232 e. The summed E-state index contributed by atoms with van der Waals surface area (Å²) >= 11 is 0. The molecule has 1 aromatic rings. The fourth-order valence-corrected chi connectivity index (χ4v) is 2.27. The van der Waals surface area contributed by atoms with Gasteiger partial charge < -0.3 is 29.9 Å². The first-order valence-electron chi connectivity index (χ1n) is 6.04.